The fourth-order valence-corrected chi connectivity index (χ4v) is 1.85. The molecule has 0 saturated heterocycles. The fraction of sp³-hybridized carbons (Fsp3) is 0.250. The second kappa shape index (κ2) is 3.46. The molecule has 0 N–H and O–H groups in total. The van der Waals surface area contributed by atoms with Crippen molar-refractivity contribution in [2.24, 2.45) is 0 Å². The highest BCUT2D eigenvalue weighted by Gasteiger charge is 2.12. The monoisotopic (exact) mass is 245 g/mol. The van der Waals surface area contributed by atoms with Crippen LogP contribution in [-0.4, -0.2) is 23.0 Å². The van der Waals surface area contributed by atoms with E-state index in [4.69, 9.17) is 10.7 Å². The average Bonchev–Trinajstić information content (AvgIpc) is 2.57. The van der Waals surface area contributed by atoms with Crippen molar-refractivity contribution in [1.29, 1.82) is 0 Å². The molecule has 0 fully saturated rings. The van der Waals surface area contributed by atoms with Gasteiger partial charge in [-0.25, -0.2) is 17.9 Å². The van der Waals surface area contributed by atoms with Crippen LogP contribution in [-0.2, 0) is 15.5 Å². The lowest BCUT2D eigenvalue weighted by Crippen LogP contribution is -1.97. The highest BCUT2D eigenvalue weighted by molar-refractivity contribution is 8.13. The van der Waals surface area contributed by atoms with E-state index in [-0.39, 0.29) is 4.90 Å². The average molecular weight is 246 g/mol. The third-order valence-corrected chi connectivity index (χ3v) is 3.29. The highest BCUT2D eigenvalue weighted by atomic mass is 35.7. The maximum absolute atomic E-state index is 11.0. The van der Waals surface area contributed by atoms with Gasteiger partial charge in [0.25, 0.3) is 9.05 Å². The SMILES string of the molecule is CCc1cc2ncc(S(=O)(=O)Cl)cn2n1. The number of rotatable bonds is 2. The van der Waals surface area contributed by atoms with Crippen LogP contribution in [0.3, 0.4) is 0 Å². The van der Waals surface area contributed by atoms with E-state index in [1.165, 1.54) is 16.9 Å². The van der Waals surface area contributed by atoms with Crippen LogP contribution in [0.25, 0.3) is 5.65 Å². The Balaban J connectivity index is 2.66. The minimum Gasteiger partial charge on any atom is -0.236 e. The summed E-state index contributed by atoms with van der Waals surface area (Å²) in [4.78, 5) is 3.90. The maximum atomic E-state index is 11.0. The Labute approximate surface area is 91.1 Å². The first kappa shape index (κ1) is 10.4. The van der Waals surface area contributed by atoms with Crippen molar-refractivity contribution >= 4 is 25.4 Å². The van der Waals surface area contributed by atoms with Gasteiger partial charge in [0.05, 0.1) is 18.1 Å². The highest BCUT2D eigenvalue weighted by Crippen LogP contribution is 2.14. The normalized spacial score (nSPS) is 12.1. The summed E-state index contributed by atoms with van der Waals surface area (Å²) in [7, 11) is 1.45. The number of nitrogens with zero attached hydrogens (tertiary/aromatic N) is 3. The summed E-state index contributed by atoms with van der Waals surface area (Å²) >= 11 is 0. The van der Waals surface area contributed by atoms with Crippen molar-refractivity contribution in [3.63, 3.8) is 0 Å². The topological polar surface area (TPSA) is 64.3 Å². The first-order valence-corrected chi connectivity index (χ1v) is 6.60. The molecule has 0 unspecified atom stereocenters. The minimum absolute atomic E-state index is 0.0533. The molecule has 0 spiro atoms. The van der Waals surface area contributed by atoms with Gasteiger partial charge in [0, 0.05) is 16.7 Å². The summed E-state index contributed by atoms with van der Waals surface area (Å²) in [5, 5.41) is 4.14. The molecule has 2 aromatic heterocycles. The van der Waals surface area contributed by atoms with Crippen molar-refractivity contribution in [3.05, 3.63) is 24.2 Å². The molecule has 2 aromatic rings. The van der Waals surface area contributed by atoms with Crippen LogP contribution in [0.1, 0.15) is 12.6 Å². The zero-order valence-corrected chi connectivity index (χ0v) is 9.46. The summed E-state index contributed by atoms with van der Waals surface area (Å²) < 4.78 is 23.5. The lowest BCUT2D eigenvalue weighted by atomic mass is 10.3. The Morgan fingerprint density at radius 3 is 2.87 bits per heavy atom. The number of fused-ring (bicyclic) bond motifs is 1. The van der Waals surface area contributed by atoms with E-state index in [2.05, 4.69) is 10.1 Å². The van der Waals surface area contributed by atoms with Gasteiger partial charge >= 0.3 is 0 Å². The Kier molecular flexibility index (Phi) is 2.40. The van der Waals surface area contributed by atoms with Gasteiger partial charge in [0.1, 0.15) is 4.90 Å². The van der Waals surface area contributed by atoms with E-state index in [9.17, 15) is 8.42 Å². The van der Waals surface area contributed by atoms with Crippen molar-refractivity contribution < 1.29 is 8.42 Å². The molecule has 0 saturated carbocycles. The van der Waals surface area contributed by atoms with Gasteiger partial charge in [-0.1, -0.05) is 6.92 Å². The van der Waals surface area contributed by atoms with E-state index in [0.717, 1.165) is 12.1 Å². The number of halogens is 1. The standard InChI is InChI=1S/C8H8ClN3O2S/c1-2-6-3-8-10-4-7(15(9,13)14)5-12(8)11-6/h3-5H,2H2,1H3. The van der Waals surface area contributed by atoms with Gasteiger partial charge in [0.2, 0.25) is 0 Å². The van der Waals surface area contributed by atoms with Crippen molar-refractivity contribution in [2.75, 3.05) is 0 Å². The van der Waals surface area contributed by atoms with E-state index in [1.807, 2.05) is 6.92 Å². The quantitative estimate of drug-likeness (QED) is 0.747. The Bertz CT molecular complexity index is 605. The van der Waals surface area contributed by atoms with E-state index in [1.54, 1.807) is 6.07 Å². The molecule has 2 rings (SSSR count). The lowest BCUT2D eigenvalue weighted by molar-refractivity contribution is 0.608. The molecule has 80 valence electrons. The first-order chi connectivity index (χ1) is 7.00. The molecule has 5 nitrogen and oxygen atoms in total. The van der Waals surface area contributed by atoms with Crippen LogP contribution >= 0.6 is 10.7 Å². The summed E-state index contributed by atoms with van der Waals surface area (Å²) in [6.45, 7) is 1.96. The van der Waals surface area contributed by atoms with Crippen molar-refractivity contribution in [3.8, 4) is 0 Å². The number of hydrogen-bond acceptors (Lipinski definition) is 4. The number of aromatic nitrogens is 3. The van der Waals surface area contributed by atoms with Gasteiger partial charge in [0.15, 0.2) is 5.65 Å². The summed E-state index contributed by atoms with van der Waals surface area (Å²) in [5.41, 5.74) is 1.46. The molecule has 0 aliphatic heterocycles. The molecule has 7 heteroatoms. The molecule has 0 atom stereocenters. The van der Waals surface area contributed by atoms with E-state index in [0.29, 0.717) is 5.65 Å². The smallest absolute Gasteiger partial charge is 0.236 e. The van der Waals surface area contributed by atoms with Gasteiger partial charge in [-0.2, -0.15) is 5.10 Å². The van der Waals surface area contributed by atoms with Gasteiger partial charge in [-0.3, -0.25) is 0 Å². The molecule has 0 aliphatic rings. The fourth-order valence-electron chi connectivity index (χ4n) is 1.21. The first-order valence-electron chi connectivity index (χ1n) is 4.29. The predicted molar refractivity (Wildman–Crippen MR) is 55.4 cm³/mol. The van der Waals surface area contributed by atoms with Crippen LogP contribution in [0.5, 0.6) is 0 Å². The van der Waals surface area contributed by atoms with E-state index < -0.39 is 9.05 Å². The van der Waals surface area contributed by atoms with Crippen molar-refractivity contribution in [1.82, 2.24) is 14.6 Å². The van der Waals surface area contributed by atoms with Crippen LogP contribution in [0.2, 0.25) is 0 Å². The molecule has 15 heavy (non-hydrogen) atoms. The molecular weight excluding hydrogens is 238 g/mol. The molecule has 0 radical (unpaired) electrons. The number of hydrogen-bond donors (Lipinski definition) is 0. The Morgan fingerprint density at radius 2 is 2.27 bits per heavy atom. The number of aryl methyl sites for hydroxylation is 1. The summed E-state index contributed by atoms with van der Waals surface area (Å²) in [6.07, 6.45) is 3.34. The maximum Gasteiger partial charge on any atom is 0.264 e. The molecule has 2 heterocycles. The van der Waals surface area contributed by atoms with Gasteiger partial charge in [-0.15, -0.1) is 0 Å². The van der Waals surface area contributed by atoms with Crippen LogP contribution < -0.4 is 0 Å². The van der Waals surface area contributed by atoms with Crippen LogP contribution in [0, 0.1) is 0 Å². The van der Waals surface area contributed by atoms with Crippen LogP contribution in [0.4, 0.5) is 0 Å². The predicted octanol–water partition coefficient (Wildman–Crippen LogP) is 1.22. The third kappa shape index (κ3) is 1.95. The lowest BCUT2D eigenvalue weighted by Gasteiger charge is -1.95. The molecule has 0 bridgehead atoms. The van der Waals surface area contributed by atoms with Crippen molar-refractivity contribution in [2.45, 2.75) is 18.2 Å². The molecule has 0 amide bonds. The third-order valence-electron chi connectivity index (χ3n) is 1.98. The zero-order valence-electron chi connectivity index (χ0n) is 7.88. The second-order valence-electron chi connectivity index (χ2n) is 3.02. The van der Waals surface area contributed by atoms with Gasteiger partial charge < -0.3 is 0 Å². The van der Waals surface area contributed by atoms with E-state index >= 15 is 0 Å². The Morgan fingerprint density at radius 1 is 1.53 bits per heavy atom. The largest absolute Gasteiger partial charge is 0.264 e. The second-order valence-corrected chi connectivity index (χ2v) is 5.59. The van der Waals surface area contributed by atoms with Crippen LogP contribution in [0.15, 0.2) is 23.4 Å². The molecule has 0 aromatic carbocycles. The Hall–Kier alpha value is -1.14. The summed E-state index contributed by atoms with van der Waals surface area (Å²) in [5.74, 6) is 0. The summed E-state index contributed by atoms with van der Waals surface area (Å²) in [6, 6.07) is 1.80. The van der Waals surface area contributed by atoms with Gasteiger partial charge in [-0.05, 0) is 6.42 Å². The minimum atomic E-state index is -3.74. The zero-order chi connectivity index (χ0) is 11.1. The molecule has 0 aliphatic carbocycles. The molecular formula is C8H8ClN3O2S.